The Balaban J connectivity index is 0.00000441. The molecule has 0 fully saturated rings. The molecule has 0 unspecified atom stereocenters. The van der Waals surface area contributed by atoms with E-state index in [-0.39, 0.29) is 41.5 Å². The number of benzene rings is 1. The summed E-state index contributed by atoms with van der Waals surface area (Å²) >= 11 is 0. The fourth-order valence-electron chi connectivity index (χ4n) is 1.87. The van der Waals surface area contributed by atoms with Crippen LogP contribution in [0.1, 0.15) is 25.8 Å². The summed E-state index contributed by atoms with van der Waals surface area (Å²) in [5.74, 6) is 0.978. The lowest BCUT2D eigenvalue weighted by Crippen LogP contribution is -2.41. The first-order valence-corrected chi connectivity index (χ1v) is 8.96. The van der Waals surface area contributed by atoms with Gasteiger partial charge in [-0.05, 0) is 25.8 Å². The van der Waals surface area contributed by atoms with Crippen molar-refractivity contribution in [3.63, 3.8) is 0 Å². The van der Waals surface area contributed by atoms with Crippen LogP contribution in [0.15, 0.2) is 35.3 Å². The number of rotatable bonds is 7. The summed E-state index contributed by atoms with van der Waals surface area (Å²) in [5, 5.41) is 6.27. The van der Waals surface area contributed by atoms with Gasteiger partial charge < -0.3 is 10.6 Å². The summed E-state index contributed by atoms with van der Waals surface area (Å²) in [5.41, 5.74) is 0.836. The van der Waals surface area contributed by atoms with Gasteiger partial charge in [0.1, 0.15) is 0 Å². The van der Waals surface area contributed by atoms with Crippen molar-refractivity contribution in [1.29, 1.82) is 0 Å². The Morgan fingerprint density at radius 2 is 1.86 bits per heavy atom. The van der Waals surface area contributed by atoms with Gasteiger partial charge in [0.15, 0.2) is 15.8 Å². The largest absolute Gasteiger partial charge is 0.356 e. The molecule has 22 heavy (non-hydrogen) atoms. The molecule has 1 aromatic carbocycles. The average molecular weight is 439 g/mol. The van der Waals surface area contributed by atoms with Crippen LogP contribution in [0.3, 0.4) is 0 Å². The molecule has 0 spiro atoms. The molecule has 0 bridgehead atoms. The molecule has 0 amide bonds. The lowest BCUT2D eigenvalue weighted by molar-refractivity contribution is 0.591. The van der Waals surface area contributed by atoms with Gasteiger partial charge in [0.05, 0.1) is 11.5 Å². The van der Waals surface area contributed by atoms with Crippen molar-refractivity contribution >= 4 is 39.8 Å². The Labute approximate surface area is 150 Å². The normalized spacial score (nSPS) is 11.9. The quantitative estimate of drug-likeness (QED) is 0.296. The number of hydrogen-bond donors (Lipinski definition) is 2. The third kappa shape index (κ3) is 9.24. The monoisotopic (exact) mass is 439 g/mol. The molecule has 1 rings (SSSR count). The third-order valence-electron chi connectivity index (χ3n) is 2.80. The van der Waals surface area contributed by atoms with Gasteiger partial charge in [-0.1, -0.05) is 30.3 Å². The van der Waals surface area contributed by atoms with E-state index in [0.717, 1.165) is 5.56 Å². The van der Waals surface area contributed by atoms with Crippen molar-refractivity contribution in [3.8, 4) is 0 Å². The van der Waals surface area contributed by atoms with E-state index >= 15 is 0 Å². The van der Waals surface area contributed by atoms with Crippen LogP contribution in [0.2, 0.25) is 0 Å². The van der Waals surface area contributed by atoms with E-state index < -0.39 is 9.84 Å². The van der Waals surface area contributed by atoms with Crippen LogP contribution in [-0.4, -0.2) is 39.8 Å². The highest BCUT2D eigenvalue weighted by Gasteiger charge is 2.11. The minimum atomic E-state index is -3.06. The van der Waals surface area contributed by atoms with Crippen molar-refractivity contribution in [1.82, 2.24) is 10.6 Å². The number of sulfone groups is 1. The third-order valence-corrected chi connectivity index (χ3v) is 4.49. The standard InChI is InChI=1S/C15H25N3O2S.HI/c1-13(2)18-15(16-3)17-10-7-11-21(19,20)12-14-8-5-4-6-9-14;/h4-6,8-9,13H,7,10-12H2,1-3H3,(H2,16,17,18);1H. The molecule has 0 heterocycles. The minimum absolute atomic E-state index is 0. The van der Waals surface area contributed by atoms with Crippen LogP contribution in [-0.2, 0) is 15.6 Å². The van der Waals surface area contributed by atoms with E-state index in [2.05, 4.69) is 15.6 Å². The Hall–Kier alpha value is -0.830. The topological polar surface area (TPSA) is 70.6 Å². The van der Waals surface area contributed by atoms with E-state index in [4.69, 9.17) is 0 Å². The maximum atomic E-state index is 12.0. The molecule has 0 aliphatic heterocycles. The summed E-state index contributed by atoms with van der Waals surface area (Å²) < 4.78 is 24.0. The first kappa shape index (κ1) is 21.2. The summed E-state index contributed by atoms with van der Waals surface area (Å²) in [4.78, 5) is 4.07. The van der Waals surface area contributed by atoms with Crippen LogP contribution in [0.4, 0.5) is 0 Å². The Morgan fingerprint density at radius 3 is 2.41 bits per heavy atom. The van der Waals surface area contributed by atoms with Crippen molar-refractivity contribution in [2.24, 2.45) is 4.99 Å². The second kappa shape index (κ2) is 10.8. The highest BCUT2D eigenvalue weighted by molar-refractivity contribution is 14.0. The highest BCUT2D eigenvalue weighted by Crippen LogP contribution is 2.06. The molecule has 0 aliphatic rings. The summed E-state index contributed by atoms with van der Waals surface area (Å²) in [7, 11) is -1.36. The summed E-state index contributed by atoms with van der Waals surface area (Å²) in [6.07, 6.45) is 0.563. The first-order chi connectivity index (χ1) is 9.93. The second-order valence-electron chi connectivity index (χ2n) is 5.23. The molecule has 0 saturated carbocycles. The van der Waals surface area contributed by atoms with Crippen LogP contribution in [0.25, 0.3) is 0 Å². The highest BCUT2D eigenvalue weighted by atomic mass is 127. The summed E-state index contributed by atoms with van der Waals surface area (Å²) in [6.45, 7) is 4.63. The van der Waals surface area contributed by atoms with Gasteiger partial charge >= 0.3 is 0 Å². The van der Waals surface area contributed by atoms with Crippen LogP contribution in [0, 0.1) is 0 Å². The van der Waals surface area contributed by atoms with Crippen molar-refractivity contribution in [3.05, 3.63) is 35.9 Å². The van der Waals surface area contributed by atoms with E-state index in [1.807, 2.05) is 44.2 Å². The lowest BCUT2D eigenvalue weighted by Gasteiger charge is -2.14. The van der Waals surface area contributed by atoms with Gasteiger partial charge in [-0.25, -0.2) is 8.42 Å². The number of nitrogens with one attached hydrogen (secondary N) is 2. The SMILES string of the molecule is CN=C(NCCCS(=O)(=O)Cc1ccccc1)NC(C)C.I. The van der Waals surface area contributed by atoms with E-state index in [1.54, 1.807) is 7.05 Å². The van der Waals surface area contributed by atoms with Gasteiger partial charge in [0.25, 0.3) is 0 Å². The van der Waals surface area contributed by atoms with E-state index in [1.165, 1.54) is 0 Å². The van der Waals surface area contributed by atoms with Crippen molar-refractivity contribution in [2.75, 3.05) is 19.3 Å². The Bertz CT molecular complexity index is 545. The van der Waals surface area contributed by atoms with Gasteiger partial charge in [0, 0.05) is 19.6 Å². The zero-order valence-corrected chi connectivity index (χ0v) is 16.5. The number of guanidine groups is 1. The lowest BCUT2D eigenvalue weighted by atomic mass is 10.2. The smallest absolute Gasteiger partial charge is 0.191 e. The molecule has 1 aromatic rings. The van der Waals surface area contributed by atoms with E-state index in [0.29, 0.717) is 18.9 Å². The molecular weight excluding hydrogens is 413 g/mol. The number of halogens is 1. The molecule has 0 atom stereocenters. The van der Waals surface area contributed by atoms with Crippen molar-refractivity contribution in [2.45, 2.75) is 32.1 Å². The Morgan fingerprint density at radius 1 is 1.23 bits per heavy atom. The molecular formula is C15H26IN3O2S. The molecule has 0 radical (unpaired) electrons. The van der Waals surface area contributed by atoms with Gasteiger partial charge in [-0.15, -0.1) is 24.0 Å². The first-order valence-electron chi connectivity index (χ1n) is 7.14. The van der Waals surface area contributed by atoms with E-state index in [9.17, 15) is 8.42 Å². The van der Waals surface area contributed by atoms with Gasteiger partial charge in [0.2, 0.25) is 0 Å². The van der Waals surface area contributed by atoms with Gasteiger partial charge in [-0.2, -0.15) is 0 Å². The fourth-order valence-corrected chi connectivity index (χ4v) is 3.30. The van der Waals surface area contributed by atoms with Crippen LogP contribution in [0.5, 0.6) is 0 Å². The maximum absolute atomic E-state index is 12.0. The molecule has 5 nitrogen and oxygen atoms in total. The zero-order chi connectivity index (χ0) is 15.7. The zero-order valence-electron chi connectivity index (χ0n) is 13.4. The number of nitrogens with zero attached hydrogens (tertiary/aromatic N) is 1. The molecule has 7 heteroatoms. The molecule has 126 valence electrons. The number of hydrogen-bond acceptors (Lipinski definition) is 3. The molecule has 0 aliphatic carbocycles. The second-order valence-corrected chi connectivity index (χ2v) is 7.41. The number of aliphatic imine (C=N–C) groups is 1. The van der Waals surface area contributed by atoms with Crippen molar-refractivity contribution < 1.29 is 8.42 Å². The molecule has 0 saturated heterocycles. The minimum Gasteiger partial charge on any atom is -0.356 e. The Kier molecular flexibility index (Phi) is 10.4. The maximum Gasteiger partial charge on any atom is 0.191 e. The summed E-state index contributed by atoms with van der Waals surface area (Å²) in [6, 6.07) is 9.56. The molecule has 2 N–H and O–H groups in total. The predicted molar refractivity (Wildman–Crippen MR) is 104 cm³/mol. The van der Waals surface area contributed by atoms with Crippen LogP contribution < -0.4 is 10.6 Å². The van der Waals surface area contributed by atoms with Gasteiger partial charge in [-0.3, -0.25) is 4.99 Å². The predicted octanol–water partition coefficient (Wildman–Crippen LogP) is 2.18. The van der Waals surface area contributed by atoms with Crippen LogP contribution >= 0.6 is 24.0 Å². The fraction of sp³-hybridized carbons (Fsp3) is 0.533. The molecule has 0 aromatic heterocycles. The average Bonchev–Trinajstić information content (AvgIpc) is 2.42.